The van der Waals surface area contributed by atoms with Crippen molar-refractivity contribution in [2.75, 3.05) is 0 Å². The molecule has 1 heterocycles. The SMILES string of the molecule is CC(=Nc1ccc2c(c1)CCC2)c1c(O)n(C2CCCCC2)c(=O)[nH]c1=O. The molecule has 2 aromatic rings. The molecule has 4 rings (SSSR count). The summed E-state index contributed by atoms with van der Waals surface area (Å²) in [6.45, 7) is 1.70. The van der Waals surface area contributed by atoms with E-state index in [4.69, 9.17) is 0 Å². The largest absolute Gasteiger partial charge is 0.494 e. The van der Waals surface area contributed by atoms with E-state index in [1.165, 1.54) is 15.7 Å². The van der Waals surface area contributed by atoms with Gasteiger partial charge in [0.1, 0.15) is 5.56 Å². The summed E-state index contributed by atoms with van der Waals surface area (Å²) in [6, 6.07) is 6.00. The van der Waals surface area contributed by atoms with E-state index >= 15 is 0 Å². The van der Waals surface area contributed by atoms with Crippen LogP contribution in [-0.2, 0) is 12.8 Å². The zero-order valence-corrected chi connectivity index (χ0v) is 15.6. The summed E-state index contributed by atoms with van der Waals surface area (Å²) in [5.41, 5.74) is 2.79. The lowest BCUT2D eigenvalue weighted by molar-refractivity contribution is 0.298. The standard InChI is InChI=1S/C21H25N3O3/c1-13(22-16-11-10-14-6-5-7-15(14)12-16)18-19(25)23-21(27)24(20(18)26)17-8-3-2-4-9-17/h10-12,17,26H,2-9H2,1H3,(H,23,25,27). The highest BCUT2D eigenvalue weighted by molar-refractivity contribution is 6.01. The first-order valence-corrected chi connectivity index (χ1v) is 9.80. The summed E-state index contributed by atoms with van der Waals surface area (Å²) in [7, 11) is 0. The number of rotatable bonds is 3. The normalized spacial score (nSPS) is 17.9. The molecule has 0 saturated heterocycles. The maximum atomic E-state index is 12.4. The van der Waals surface area contributed by atoms with Crippen LogP contribution in [-0.4, -0.2) is 20.4 Å². The molecule has 2 aliphatic carbocycles. The number of aromatic nitrogens is 2. The van der Waals surface area contributed by atoms with Gasteiger partial charge in [0.15, 0.2) is 0 Å². The molecule has 0 bridgehead atoms. The average molecular weight is 367 g/mol. The molecule has 2 N–H and O–H groups in total. The Labute approximate surface area is 157 Å². The summed E-state index contributed by atoms with van der Waals surface area (Å²) in [6.07, 6.45) is 8.16. The van der Waals surface area contributed by atoms with Gasteiger partial charge in [-0.05, 0) is 62.3 Å². The highest BCUT2D eigenvalue weighted by Crippen LogP contribution is 2.31. The molecule has 6 heteroatoms. The van der Waals surface area contributed by atoms with Crippen LogP contribution in [0.2, 0.25) is 0 Å². The Kier molecular flexibility index (Phi) is 4.72. The highest BCUT2D eigenvalue weighted by atomic mass is 16.3. The van der Waals surface area contributed by atoms with E-state index in [0.717, 1.165) is 57.1 Å². The molecule has 2 aliphatic rings. The molecule has 1 aromatic carbocycles. The number of hydrogen-bond acceptors (Lipinski definition) is 4. The number of aromatic amines is 1. The Bertz CT molecular complexity index is 1010. The third kappa shape index (κ3) is 3.36. The van der Waals surface area contributed by atoms with Crippen molar-refractivity contribution in [1.29, 1.82) is 0 Å². The van der Waals surface area contributed by atoms with E-state index in [2.05, 4.69) is 16.0 Å². The average Bonchev–Trinajstić information content (AvgIpc) is 3.10. The van der Waals surface area contributed by atoms with Crippen LogP contribution in [0.3, 0.4) is 0 Å². The minimum Gasteiger partial charge on any atom is -0.494 e. The van der Waals surface area contributed by atoms with Crippen LogP contribution in [0.15, 0.2) is 32.8 Å². The van der Waals surface area contributed by atoms with Crippen LogP contribution in [0, 0.1) is 0 Å². The Morgan fingerprint density at radius 2 is 1.85 bits per heavy atom. The Balaban J connectivity index is 1.76. The first kappa shape index (κ1) is 17.8. The predicted molar refractivity (Wildman–Crippen MR) is 105 cm³/mol. The van der Waals surface area contributed by atoms with E-state index < -0.39 is 11.2 Å². The third-order valence-corrected chi connectivity index (χ3v) is 5.80. The molecule has 1 saturated carbocycles. The summed E-state index contributed by atoms with van der Waals surface area (Å²) in [4.78, 5) is 31.7. The Morgan fingerprint density at radius 1 is 1.11 bits per heavy atom. The summed E-state index contributed by atoms with van der Waals surface area (Å²) in [5, 5.41) is 10.8. The third-order valence-electron chi connectivity index (χ3n) is 5.80. The predicted octanol–water partition coefficient (Wildman–Crippen LogP) is 3.38. The van der Waals surface area contributed by atoms with E-state index in [9.17, 15) is 14.7 Å². The van der Waals surface area contributed by atoms with Gasteiger partial charge in [-0.3, -0.25) is 19.3 Å². The number of hydrogen-bond donors (Lipinski definition) is 2. The fraction of sp³-hybridized carbons (Fsp3) is 0.476. The zero-order chi connectivity index (χ0) is 19.0. The van der Waals surface area contributed by atoms with Crippen molar-refractivity contribution in [3.8, 4) is 5.88 Å². The topological polar surface area (TPSA) is 87.4 Å². The minimum atomic E-state index is -0.591. The maximum absolute atomic E-state index is 12.4. The first-order valence-electron chi connectivity index (χ1n) is 9.80. The smallest absolute Gasteiger partial charge is 0.331 e. The molecule has 142 valence electrons. The monoisotopic (exact) mass is 367 g/mol. The lowest BCUT2D eigenvalue weighted by Gasteiger charge is -2.25. The summed E-state index contributed by atoms with van der Waals surface area (Å²) < 4.78 is 1.34. The van der Waals surface area contributed by atoms with Crippen LogP contribution < -0.4 is 11.2 Å². The van der Waals surface area contributed by atoms with Gasteiger partial charge in [0.05, 0.1) is 11.4 Å². The number of aromatic hydroxyl groups is 1. The molecular weight excluding hydrogens is 342 g/mol. The number of aryl methyl sites for hydroxylation is 2. The molecule has 0 atom stereocenters. The van der Waals surface area contributed by atoms with Gasteiger partial charge in [-0.1, -0.05) is 25.3 Å². The van der Waals surface area contributed by atoms with Crippen LogP contribution in [0.1, 0.15) is 68.2 Å². The zero-order valence-electron chi connectivity index (χ0n) is 15.6. The quantitative estimate of drug-likeness (QED) is 0.815. The second kappa shape index (κ2) is 7.18. The van der Waals surface area contributed by atoms with Crippen molar-refractivity contribution in [3.05, 3.63) is 55.7 Å². The second-order valence-corrected chi connectivity index (χ2v) is 7.62. The van der Waals surface area contributed by atoms with Gasteiger partial charge >= 0.3 is 5.69 Å². The van der Waals surface area contributed by atoms with Gasteiger partial charge in [-0.15, -0.1) is 0 Å². The lowest BCUT2D eigenvalue weighted by atomic mass is 9.95. The van der Waals surface area contributed by atoms with Gasteiger partial charge in [0, 0.05) is 6.04 Å². The summed E-state index contributed by atoms with van der Waals surface area (Å²) >= 11 is 0. The molecule has 1 fully saturated rings. The second-order valence-electron chi connectivity index (χ2n) is 7.62. The van der Waals surface area contributed by atoms with Crippen molar-refractivity contribution in [2.24, 2.45) is 4.99 Å². The molecule has 0 aliphatic heterocycles. The Morgan fingerprint density at radius 3 is 2.63 bits per heavy atom. The molecule has 0 amide bonds. The fourth-order valence-corrected chi connectivity index (χ4v) is 4.42. The van der Waals surface area contributed by atoms with Crippen molar-refractivity contribution in [2.45, 2.75) is 64.3 Å². The number of nitrogens with one attached hydrogen (secondary N) is 1. The number of aliphatic imine (C=N–C) groups is 1. The molecule has 27 heavy (non-hydrogen) atoms. The number of benzene rings is 1. The molecular formula is C21H25N3O3. The van der Waals surface area contributed by atoms with E-state index in [0.29, 0.717) is 5.71 Å². The van der Waals surface area contributed by atoms with Crippen molar-refractivity contribution >= 4 is 11.4 Å². The fourth-order valence-electron chi connectivity index (χ4n) is 4.42. The molecule has 6 nitrogen and oxygen atoms in total. The van der Waals surface area contributed by atoms with Crippen LogP contribution in [0.4, 0.5) is 5.69 Å². The number of nitrogens with zero attached hydrogens (tertiary/aromatic N) is 2. The van der Waals surface area contributed by atoms with E-state index in [1.54, 1.807) is 6.92 Å². The number of fused-ring (bicyclic) bond motifs is 1. The molecule has 1 aromatic heterocycles. The molecule has 0 spiro atoms. The van der Waals surface area contributed by atoms with E-state index in [-0.39, 0.29) is 17.5 Å². The van der Waals surface area contributed by atoms with E-state index in [1.807, 2.05) is 12.1 Å². The maximum Gasteiger partial charge on any atom is 0.331 e. The van der Waals surface area contributed by atoms with Crippen LogP contribution >= 0.6 is 0 Å². The van der Waals surface area contributed by atoms with Gasteiger partial charge in [-0.25, -0.2) is 4.79 Å². The first-order chi connectivity index (χ1) is 13.0. The highest BCUT2D eigenvalue weighted by Gasteiger charge is 2.24. The van der Waals surface area contributed by atoms with Gasteiger partial charge in [-0.2, -0.15) is 0 Å². The van der Waals surface area contributed by atoms with Crippen LogP contribution in [0.5, 0.6) is 5.88 Å². The minimum absolute atomic E-state index is 0.0744. The molecule has 0 unspecified atom stereocenters. The molecule has 0 radical (unpaired) electrons. The van der Waals surface area contributed by atoms with Gasteiger partial charge < -0.3 is 5.11 Å². The van der Waals surface area contributed by atoms with Crippen LogP contribution in [0.25, 0.3) is 0 Å². The van der Waals surface area contributed by atoms with Gasteiger partial charge in [0.25, 0.3) is 5.56 Å². The summed E-state index contributed by atoms with van der Waals surface area (Å²) in [5.74, 6) is -0.266. The lowest BCUT2D eigenvalue weighted by Crippen LogP contribution is -2.36. The van der Waals surface area contributed by atoms with Crippen molar-refractivity contribution in [3.63, 3.8) is 0 Å². The van der Waals surface area contributed by atoms with Gasteiger partial charge in [0.2, 0.25) is 5.88 Å². The van der Waals surface area contributed by atoms with Crippen molar-refractivity contribution < 1.29 is 5.11 Å². The Hall–Kier alpha value is -2.63. The van der Waals surface area contributed by atoms with Crippen molar-refractivity contribution in [1.82, 2.24) is 9.55 Å². The number of H-pyrrole nitrogens is 1.